The molecule has 2 aliphatic rings. The van der Waals surface area contributed by atoms with Crippen LogP contribution in [0, 0.1) is 5.92 Å². The van der Waals surface area contributed by atoms with Crippen molar-refractivity contribution in [2.45, 2.75) is 44.7 Å². The number of hydrogen-bond acceptors (Lipinski definition) is 3. The maximum atomic E-state index is 13.0. The summed E-state index contributed by atoms with van der Waals surface area (Å²) in [5.74, 6) is 0.498. The average molecular weight is 388 g/mol. The summed E-state index contributed by atoms with van der Waals surface area (Å²) in [6.07, 6.45) is 5.55. The monoisotopic (exact) mass is 387 g/mol. The van der Waals surface area contributed by atoms with E-state index in [1.165, 1.54) is 12.0 Å². The Morgan fingerprint density at radius 3 is 2.52 bits per heavy atom. The van der Waals surface area contributed by atoms with E-state index in [4.69, 9.17) is 5.73 Å². The van der Waals surface area contributed by atoms with E-state index in [0.717, 1.165) is 51.9 Å². The summed E-state index contributed by atoms with van der Waals surface area (Å²) in [7, 11) is 0. The summed E-state index contributed by atoms with van der Waals surface area (Å²) in [6.45, 7) is 4.44. The van der Waals surface area contributed by atoms with E-state index in [-0.39, 0.29) is 36.8 Å². The summed E-state index contributed by atoms with van der Waals surface area (Å²) in [4.78, 5) is 17.5. The highest BCUT2D eigenvalue weighted by atomic mass is 35.5. The third kappa shape index (κ3) is 5.85. The van der Waals surface area contributed by atoms with Gasteiger partial charge in [0.25, 0.3) is 0 Å². The molecular formula is C19H31Cl2N3O. The van der Waals surface area contributed by atoms with Gasteiger partial charge in [0, 0.05) is 32.2 Å². The number of halogens is 2. The lowest BCUT2D eigenvalue weighted by Crippen LogP contribution is -2.52. The minimum atomic E-state index is 0. The quantitative estimate of drug-likeness (QED) is 0.863. The fourth-order valence-corrected chi connectivity index (χ4v) is 4.01. The molecule has 2 fully saturated rings. The predicted molar refractivity (Wildman–Crippen MR) is 107 cm³/mol. The Morgan fingerprint density at radius 2 is 1.80 bits per heavy atom. The highest BCUT2D eigenvalue weighted by Gasteiger charge is 2.33. The largest absolute Gasteiger partial charge is 0.338 e. The predicted octanol–water partition coefficient (Wildman–Crippen LogP) is 3.08. The van der Waals surface area contributed by atoms with Gasteiger partial charge in [-0.2, -0.15) is 0 Å². The first-order chi connectivity index (χ1) is 11.3. The standard InChI is InChI=1S/C19H29N3O.2ClH/c20-13-18-10-4-5-12-22(18)19(23)17-9-6-11-21(15-17)14-16-7-2-1-3-8-16;;/h1-3,7-8,17-18H,4-6,9-15,20H2;2*1H. The first-order valence-corrected chi connectivity index (χ1v) is 9.04. The summed E-state index contributed by atoms with van der Waals surface area (Å²) in [5, 5.41) is 0. The molecule has 142 valence electrons. The number of amides is 1. The van der Waals surface area contributed by atoms with Gasteiger partial charge in [-0.25, -0.2) is 0 Å². The van der Waals surface area contributed by atoms with E-state index in [9.17, 15) is 4.79 Å². The summed E-state index contributed by atoms with van der Waals surface area (Å²) in [6, 6.07) is 10.8. The second-order valence-electron chi connectivity index (χ2n) is 6.98. The van der Waals surface area contributed by atoms with Crippen LogP contribution in [0.15, 0.2) is 30.3 Å². The van der Waals surface area contributed by atoms with Gasteiger partial charge in [0.15, 0.2) is 0 Å². The smallest absolute Gasteiger partial charge is 0.227 e. The van der Waals surface area contributed by atoms with E-state index in [1.807, 2.05) is 0 Å². The number of nitrogens with two attached hydrogens (primary N) is 1. The molecule has 2 unspecified atom stereocenters. The lowest BCUT2D eigenvalue weighted by molar-refractivity contribution is -0.141. The maximum Gasteiger partial charge on any atom is 0.227 e. The molecule has 0 spiro atoms. The second kappa shape index (κ2) is 11.0. The summed E-state index contributed by atoms with van der Waals surface area (Å²) < 4.78 is 0. The first kappa shape index (κ1) is 22.2. The van der Waals surface area contributed by atoms with Crippen molar-refractivity contribution in [1.29, 1.82) is 0 Å². The van der Waals surface area contributed by atoms with Crippen molar-refractivity contribution in [1.82, 2.24) is 9.80 Å². The van der Waals surface area contributed by atoms with Crippen LogP contribution < -0.4 is 5.73 Å². The molecule has 2 atom stereocenters. The molecule has 1 aromatic rings. The van der Waals surface area contributed by atoms with Crippen LogP contribution in [-0.2, 0) is 11.3 Å². The number of piperidine rings is 2. The van der Waals surface area contributed by atoms with Crippen LogP contribution in [-0.4, -0.2) is 47.9 Å². The molecule has 1 aromatic carbocycles. The molecule has 1 amide bonds. The van der Waals surface area contributed by atoms with Crippen molar-refractivity contribution in [3.63, 3.8) is 0 Å². The molecule has 25 heavy (non-hydrogen) atoms. The van der Waals surface area contributed by atoms with Crippen LogP contribution in [0.2, 0.25) is 0 Å². The van der Waals surface area contributed by atoms with Crippen LogP contribution in [0.3, 0.4) is 0 Å². The Morgan fingerprint density at radius 1 is 1.04 bits per heavy atom. The normalized spacial score (nSPS) is 24.1. The number of rotatable bonds is 4. The van der Waals surface area contributed by atoms with Gasteiger partial charge in [0.2, 0.25) is 5.91 Å². The van der Waals surface area contributed by atoms with Gasteiger partial charge < -0.3 is 10.6 Å². The van der Waals surface area contributed by atoms with Crippen LogP contribution >= 0.6 is 24.8 Å². The molecular weight excluding hydrogens is 357 g/mol. The topological polar surface area (TPSA) is 49.6 Å². The van der Waals surface area contributed by atoms with Crippen molar-refractivity contribution >= 4 is 30.7 Å². The van der Waals surface area contributed by atoms with Crippen LogP contribution in [0.25, 0.3) is 0 Å². The van der Waals surface area contributed by atoms with Gasteiger partial charge in [-0.15, -0.1) is 24.8 Å². The zero-order valence-electron chi connectivity index (χ0n) is 14.8. The van der Waals surface area contributed by atoms with Crippen molar-refractivity contribution in [2.75, 3.05) is 26.2 Å². The number of nitrogens with zero attached hydrogens (tertiary/aromatic N) is 2. The molecule has 4 nitrogen and oxygen atoms in total. The van der Waals surface area contributed by atoms with Crippen molar-refractivity contribution in [3.05, 3.63) is 35.9 Å². The Hall–Kier alpha value is -0.810. The Labute approximate surface area is 163 Å². The molecule has 0 aromatic heterocycles. The van der Waals surface area contributed by atoms with Gasteiger partial charge in [0.05, 0.1) is 5.92 Å². The minimum absolute atomic E-state index is 0. The zero-order chi connectivity index (χ0) is 16.1. The van der Waals surface area contributed by atoms with Crippen LogP contribution in [0.1, 0.15) is 37.7 Å². The molecule has 2 heterocycles. The Balaban J connectivity index is 0.00000156. The fraction of sp³-hybridized carbons (Fsp3) is 0.632. The third-order valence-electron chi connectivity index (χ3n) is 5.29. The molecule has 2 aliphatic heterocycles. The van der Waals surface area contributed by atoms with Gasteiger partial charge in [-0.05, 0) is 44.2 Å². The number of benzene rings is 1. The zero-order valence-corrected chi connectivity index (χ0v) is 16.4. The average Bonchev–Trinajstić information content (AvgIpc) is 2.62. The van der Waals surface area contributed by atoms with E-state index in [2.05, 4.69) is 40.1 Å². The highest BCUT2D eigenvalue weighted by molar-refractivity contribution is 5.85. The van der Waals surface area contributed by atoms with Crippen LogP contribution in [0.5, 0.6) is 0 Å². The van der Waals surface area contributed by atoms with E-state index in [1.54, 1.807) is 0 Å². The summed E-state index contributed by atoms with van der Waals surface area (Å²) >= 11 is 0. The van der Waals surface area contributed by atoms with Gasteiger partial charge in [-0.3, -0.25) is 9.69 Å². The second-order valence-corrected chi connectivity index (χ2v) is 6.98. The Kier molecular flexibility index (Phi) is 9.80. The van der Waals surface area contributed by atoms with E-state index in [0.29, 0.717) is 12.5 Å². The minimum Gasteiger partial charge on any atom is -0.338 e. The molecule has 2 saturated heterocycles. The number of hydrogen-bond donors (Lipinski definition) is 1. The molecule has 0 bridgehead atoms. The van der Waals surface area contributed by atoms with Crippen LogP contribution in [0.4, 0.5) is 0 Å². The summed E-state index contributed by atoms with van der Waals surface area (Å²) in [5.41, 5.74) is 7.22. The Bertz CT molecular complexity index is 515. The molecule has 6 heteroatoms. The number of carbonyl (C=O) groups excluding carboxylic acids is 1. The fourth-order valence-electron chi connectivity index (χ4n) is 4.01. The van der Waals surface area contributed by atoms with Crippen molar-refractivity contribution < 1.29 is 4.79 Å². The lowest BCUT2D eigenvalue weighted by atomic mass is 9.93. The van der Waals surface area contributed by atoms with Gasteiger partial charge in [-0.1, -0.05) is 30.3 Å². The molecule has 3 rings (SSSR count). The van der Waals surface area contributed by atoms with Crippen molar-refractivity contribution in [2.24, 2.45) is 11.7 Å². The lowest BCUT2D eigenvalue weighted by Gasteiger charge is -2.40. The van der Waals surface area contributed by atoms with E-state index >= 15 is 0 Å². The number of carbonyl (C=O) groups is 1. The molecule has 0 aliphatic carbocycles. The number of likely N-dealkylation sites (tertiary alicyclic amines) is 2. The third-order valence-corrected chi connectivity index (χ3v) is 5.29. The first-order valence-electron chi connectivity index (χ1n) is 9.04. The van der Waals surface area contributed by atoms with Gasteiger partial charge >= 0.3 is 0 Å². The van der Waals surface area contributed by atoms with Crippen molar-refractivity contribution in [3.8, 4) is 0 Å². The van der Waals surface area contributed by atoms with E-state index < -0.39 is 0 Å². The molecule has 0 saturated carbocycles. The highest BCUT2D eigenvalue weighted by Crippen LogP contribution is 2.24. The molecule has 0 radical (unpaired) electrons. The SMILES string of the molecule is Cl.Cl.NCC1CCCCN1C(=O)C1CCCN(Cc2ccccc2)C1. The molecule has 2 N–H and O–H groups in total. The van der Waals surface area contributed by atoms with Gasteiger partial charge in [0.1, 0.15) is 0 Å². The maximum absolute atomic E-state index is 13.0.